The van der Waals surface area contributed by atoms with Crippen molar-refractivity contribution in [2.45, 2.75) is 17.7 Å². The van der Waals surface area contributed by atoms with Crippen LogP contribution in [-0.2, 0) is 9.59 Å². The first kappa shape index (κ1) is 17.4. The zero-order valence-corrected chi connectivity index (χ0v) is 14.8. The number of benzene rings is 2. The molecule has 130 valence electrons. The van der Waals surface area contributed by atoms with Crippen LogP contribution in [0.5, 0.6) is 5.75 Å². The van der Waals surface area contributed by atoms with Gasteiger partial charge < -0.3 is 15.0 Å². The highest BCUT2D eigenvalue weighted by molar-refractivity contribution is 8.00. The lowest BCUT2D eigenvalue weighted by atomic mass is 10.2. The lowest BCUT2D eigenvalue weighted by Crippen LogP contribution is -2.23. The number of nitrogens with zero attached hydrogens (tertiary/aromatic N) is 1. The fourth-order valence-electron chi connectivity index (χ4n) is 2.66. The second-order valence-corrected chi connectivity index (χ2v) is 6.76. The van der Waals surface area contributed by atoms with Crippen LogP contribution in [0.15, 0.2) is 53.4 Å². The molecule has 0 spiro atoms. The number of amides is 2. The Bertz CT molecular complexity index is 744. The fraction of sp³-hybridized carbons (Fsp3) is 0.263. The molecule has 25 heavy (non-hydrogen) atoms. The first-order chi connectivity index (χ1) is 12.2. The third kappa shape index (κ3) is 4.54. The summed E-state index contributed by atoms with van der Waals surface area (Å²) in [6, 6.07) is 15.0. The zero-order chi connectivity index (χ0) is 17.6. The molecule has 3 rings (SSSR count). The van der Waals surface area contributed by atoms with Crippen LogP contribution < -0.4 is 15.0 Å². The molecule has 1 aliphatic rings. The van der Waals surface area contributed by atoms with E-state index in [9.17, 15) is 9.59 Å². The topological polar surface area (TPSA) is 58.6 Å². The number of carbonyl (C=O) groups excluding carboxylic acids is 2. The van der Waals surface area contributed by atoms with Crippen LogP contribution in [0.2, 0.25) is 0 Å². The molecule has 1 fully saturated rings. The van der Waals surface area contributed by atoms with E-state index in [1.165, 1.54) is 11.8 Å². The molecule has 1 aliphatic heterocycles. The van der Waals surface area contributed by atoms with Crippen LogP contribution in [0.25, 0.3) is 0 Å². The summed E-state index contributed by atoms with van der Waals surface area (Å²) in [6.07, 6.45) is 1.51. The summed E-state index contributed by atoms with van der Waals surface area (Å²) < 4.78 is 5.11. The number of thioether (sulfide) groups is 1. The van der Waals surface area contributed by atoms with E-state index in [4.69, 9.17) is 4.74 Å². The first-order valence-electron chi connectivity index (χ1n) is 8.13. The number of carbonyl (C=O) groups is 2. The van der Waals surface area contributed by atoms with E-state index in [0.717, 1.165) is 35.0 Å². The lowest BCUT2D eigenvalue weighted by molar-refractivity contribution is -0.117. The van der Waals surface area contributed by atoms with Gasteiger partial charge in [-0.2, -0.15) is 0 Å². The number of hydrogen-bond donors (Lipinski definition) is 1. The van der Waals surface area contributed by atoms with Crippen molar-refractivity contribution in [3.05, 3.63) is 48.5 Å². The largest absolute Gasteiger partial charge is 0.497 e. The Balaban J connectivity index is 1.51. The van der Waals surface area contributed by atoms with Gasteiger partial charge >= 0.3 is 0 Å². The van der Waals surface area contributed by atoms with Crippen molar-refractivity contribution in [2.75, 3.05) is 29.6 Å². The predicted molar refractivity (Wildman–Crippen MR) is 100 cm³/mol. The van der Waals surface area contributed by atoms with Gasteiger partial charge in [-0.3, -0.25) is 9.59 Å². The minimum absolute atomic E-state index is 0.0641. The van der Waals surface area contributed by atoms with Crippen molar-refractivity contribution in [2.24, 2.45) is 0 Å². The molecule has 0 saturated carbocycles. The molecule has 0 aliphatic carbocycles. The van der Waals surface area contributed by atoms with E-state index >= 15 is 0 Å². The second-order valence-electron chi connectivity index (χ2n) is 5.71. The quantitative estimate of drug-likeness (QED) is 0.804. The molecule has 2 amide bonds. The molecule has 1 heterocycles. The molecule has 0 radical (unpaired) electrons. The standard InChI is InChI=1S/C19H20N2O3S/c1-24-16-8-10-17(11-9-16)25-13-18(22)20-14-4-6-15(7-5-14)21-12-2-3-19(21)23/h4-11H,2-3,12-13H2,1H3,(H,20,22). The van der Waals surface area contributed by atoms with Crippen molar-refractivity contribution in [3.63, 3.8) is 0 Å². The highest BCUT2D eigenvalue weighted by Gasteiger charge is 2.21. The molecule has 0 atom stereocenters. The highest BCUT2D eigenvalue weighted by Crippen LogP contribution is 2.24. The van der Waals surface area contributed by atoms with E-state index in [2.05, 4.69) is 5.32 Å². The van der Waals surface area contributed by atoms with Gasteiger partial charge in [0.25, 0.3) is 0 Å². The molecular formula is C19H20N2O3S. The predicted octanol–water partition coefficient (Wildman–Crippen LogP) is 3.55. The van der Waals surface area contributed by atoms with Gasteiger partial charge in [0.05, 0.1) is 12.9 Å². The summed E-state index contributed by atoms with van der Waals surface area (Å²) in [5.41, 5.74) is 1.61. The molecule has 1 saturated heterocycles. The van der Waals surface area contributed by atoms with Crippen molar-refractivity contribution in [1.29, 1.82) is 0 Å². The third-order valence-electron chi connectivity index (χ3n) is 3.97. The van der Waals surface area contributed by atoms with Crippen LogP contribution in [0, 0.1) is 0 Å². The number of anilines is 2. The Hall–Kier alpha value is -2.47. The van der Waals surface area contributed by atoms with Crippen molar-refractivity contribution in [1.82, 2.24) is 0 Å². The Morgan fingerprint density at radius 3 is 2.48 bits per heavy atom. The SMILES string of the molecule is COc1ccc(SCC(=O)Nc2ccc(N3CCCC3=O)cc2)cc1. The van der Waals surface area contributed by atoms with Gasteiger partial charge in [0.1, 0.15) is 5.75 Å². The average Bonchev–Trinajstić information content (AvgIpc) is 3.07. The van der Waals surface area contributed by atoms with E-state index in [0.29, 0.717) is 12.2 Å². The minimum atomic E-state index is -0.0641. The van der Waals surface area contributed by atoms with Crippen LogP contribution in [0.1, 0.15) is 12.8 Å². The van der Waals surface area contributed by atoms with Gasteiger partial charge in [-0.25, -0.2) is 0 Å². The highest BCUT2D eigenvalue weighted by atomic mass is 32.2. The Morgan fingerprint density at radius 2 is 1.88 bits per heavy atom. The normalized spacial score (nSPS) is 13.8. The van der Waals surface area contributed by atoms with E-state index in [-0.39, 0.29) is 11.8 Å². The van der Waals surface area contributed by atoms with Gasteiger partial charge in [0, 0.05) is 29.2 Å². The number of methoxy groups -OCH3 is 1. The maximum Gasteiger partial charge on any atom is 0.234 e. The smallest absolute Gasteiger partial charge is 0.234 e. The molecule has 5 nitrogen and oxygen atoms in total. The van der Waals surface area contributed by atoms with E-state index < -0.39 is 0 Å². The average molecular weight is 356 g/mol. The number of rotatable bonds is 6. The van der Waals surface area contributed by atoms with E-state index in [1.54, 1.807) is 12.0 Å². The zero-order valence-electron chi connectivity index (χ0n) is 14.0. The van der Waals surface area contributed by atoms with E-state index in [1.807, 2.05) is 48.5 Å². The molecule has 0 aromatic heterocycles. The van der Waals surface area contributed by atoms with Crippen LogP contribution in [-0.4, -0.2) is 31.2 Å². The maximum absolute atomic E-state index is 12.1. The minimum Gasteiger partial charge on any atom is -0.497 e. The third-order valence-corrected chi connectivity index (χ3v) is 4.98. The molecule has 2 aromatic carbocycles. The summed E-state index contributed by atoms with van der Waals surface area (Å²) in [7, 11) is 1.63. The fourth-order valence-corrected chi connectivity index (χ4v) is 3.36. The molecule has 2 aromatic rings. The van der Waals surface area contributed by atoms with Gasteiger partial charge in [0.2, 0.25) is 11.8 Å². The monoisotopic (exact) mass is 356 g/mol. The number of hydrogen-bond acceptors (Lipinski definition) is 4. The molecule has 0 unspecified atom stereocenters. The lowest BCUT2D eigenvalue weighted by Gasteiger charge is -2.16. The van der Waals surface area contributed by atoms with Gasteiger partial charge in [0.15, 0.2) is 0 Å². The maximum atomic E-state index is 12.1. The van der Waals surface area contributed by atoms with Gasteiger partial charge in [-0.15, -0.1) is 11.8 Å². The Morgan fingerprint density at radius 1 is 1.16 bits per heavy atom. The molecular weight excluding hydrogens is 336 g/mol. The number of ether oxygens (including phenoxy) is 1. The van der Waals surface area contributed by atoms with Crippen LogP contribution in [0.4, 0.5) is 11.4 Å². The summed E-state index contributed by atoms with van der Waals surface area (Å²) in [5, 5.41) is 2.88. The summed E-state index contributed by atoms with van der Waals surface area (Å²) in [6.45, 7) is 0.767. The summed E-state index contributed by atoms with van der Waals surface area (Å²) >= 11 is 1.47. The van der Waals surface area contributed by atoms with Crippen molar-refractivity contribution < 1.29 is 14.3 Å². The summed E-state index contributed by atoms with van der Waals surface area (Å²) in [5.74, 6) is 1.22. The van der Waals surface area contributed by atoms with Crippen LogP contribution in [0.3, 0.4) is 0 Å². The molecule has 6 heteroatoms. The summed E-state index contributed by atoms with van der Waals surface area (Å²) in [4.78, 5) is 26.6. The second kappa shape index (κ2) is 8.07. The molecule has 1 N–H and O–H groups in total. The van der Waals surface area contributed by atoms with Crippen molar-refractivity contribution >= 4 is 35.0 Å². The van der Waals surface area contributed by atoms with Crippen molar-refractivity contribution in [3.8, 4) is 5.75 Å². The Labute approximate surface area is 151 Å². The van der Waals surface area contributed by atoms with Crippen LogP contribution >= 0.6 is 11.8 Å². The Kier molecular flexibility index (Phi) is 5.60. The van der Waals surface area contributed by atoms with Gasteiger partial charge in [-0.1, -0.05) is 0 Å². The van der Waals surface area contributed by atoms with Gasteiger partial charge in [-0.05, 0) is 55.0 Å². The number of nitrogens with one attached hydrogen (secondary N) is 1. The first-order valence-corrected chi connectivity index (χ1v) is 9.11. The molecule has 0 bridgehead atoms.